The molecule has 6 nitrogen and oxygen atoms in total. The average molecular weight is 388 g/mol. The number of halogens is 1. The minimum Gasteiger partial charge on any atom is -0.369 e. The third-order valence-electron chi connectivity index (χ3n) is 5.46. The van der Waals surface area contributed by atoms with Crippen LogP contribution in [0.25, 0.3) is 0 Å². The summed E-state index contributed by atoms with van der Waals surface area (Å²) in [6.07, 6.45) is 0.917. The monoisotopic (exact) mass is 388 g/mol. The van der Waals surface area contributed by atoms with E-state index < -0.39 is 0 Å². The Labute approximate surface area is 165 Å². The Morgan fingerprint density at radius 2 is 2.00 bits per heavy atom. The normalized spacial score (nSPS) is 16.2. The summed E-state index contributed by atoms with van der Waals surface area (Å²) >= 11 is 0. The second-order valence-corrected chi connectivity index (χ2v) is 7.59. The summed E-state index contributed by atoms with van der Waals surface area (Å²) in [5, 5.41) is 6.94. The number of rotatable bonds is 6. The van der Waals surface area contributed by atoms with Crippen LogP contribution in [0.2, 0.25) is 0 Å². The van der Waals surface area contributed by atoms with Gasteiger partial charge in [-0.25, -0.2) is 4.39 Å². The molecule has 1 saturated heterocycles. The van der Waals surface area contributed by atoms with Gasteiger partial charge in [0.25, 0.3) is 0 Å². The first kappa shape index (κ1) is 20.3. The third-order valence-corrected chi connectivity index (χ3v) is 5.46. The molecular weight excluding hydrogens is 359 g/mol. The Kier molecular flexibility index (Phi) is 6.34. The molecule has 1 fully saturated rings. The summed E-state index contributed by atoms with van der Waals surface area (Å²) < 4.78 is 19.1. The predicted octanol–water partition coefficient (Wildman–Crippen LogP) is 2.99. The van der Waals surface area contributed by atoms with Crippen molar-refractivity contribution in [1.82, 2.24) is 15.4 Å². The SMILES string of the molecule is Cc1noc(C)c1CCC(=O)N[C@H](C)c1cc(F)ccc1N1CCN(C)CC1. The van der Waals surface area contributed by atoms with Gasteiger partial charge in [-0.05, 0) is 52.4 Å². The number of likely N-dealkylation sites (N-methyl/N-ethyl adjacent to an activating group) is 1. The average Bonchev–Trinajstić information content (AvgIpc) is 2.98. The number of hydrogen-bond donors (Lipinski definition) is 1. The summed E-state index contributed by atoms with van der Waals surface area (Å²) in [5.74, 6) is 0.395. The van der Waals surface area contributed by atoms with Crippen LogP contribution in [0.15, 0.2) is 22.7 Å². The zero-order valence-corrected chi connectivity index (χ0v) is 17.1. The van der Waals surface area contributed by atoms with Crippen LogP contribution in [0.1, 0.15) is 42.0 Å². The van der Waals surface area contributed by atoms with Gasteiger partial charge in [-0.3, -0.25) is 4.79 Å². The van der Waals surface area contributed by atoms with Gasteiger partial charge in [-0.15, -0.1) is 0 Å². The molecule has 0 saturated carbocycles. The lowest BCUT2D eigenvalue weighted by Gasteiger charge is -2.36. The molecule has 1 aromatic heterocycles. The van der Waals surface area contributed by atoms with E-state index in [1.165, 1.54) is 12.1 Å². The summed E-state index contributed by atoms with van der Waals surface area (Å²) in [5.41, 5.74) is 3.61. The highest BCUT2D eigenvalue weighted by molar-refractivity contribution is 5.77. The zero-order chi connectivity index (χ0) is 20.3. The Morgan fingerprint density at radius 3 is 2.64 bits per heavy atom. The number of aryl methyl sites for hydroxylation is 2. The molecule has 7 heteroatoms. The Bertz CT molecular complexity index is 808. The van der Waals surface area contributed by atoms with Crippen LogP contribution >= 0.6 is 0 Å². The van der Waals surface area contributed by atoms with E-state index in [4.69, 9.17) is 4.52 Å². The number of aromatic nitrogens is 1. The number of amides is 1. The molecule has 1 amide bonds. The number of nitrogens with zero attached hydrogens (tertiary/aromatic N) is 3. The van der Waals surface area contributed by atoms with Gasteiger partial charge in [0.1, 0.15) is 11.6 Å². The number of benzene rings is 1. The van der Waals surface area contributed by atoms with E-state index in [1.807, 2.05) is 26.8 Å². The van der Waals surface area contributed by atoms with E-state index >= 15 is 0 Å². The van der Waals surface area contributed by atoms with Crippen molar-refractivity contribution in [2.24, 2.45) is 0 Å². The van der Waals surface area contributed by atoms with Crippen LogP contribution in [0.4, 0.5) is 10.1 Å². The minimum absolute atomic E-state index is 0.0684. The van der Waals surface area contributed by atoms with Crippen molar-refractivity contribution in [1.29, 1.82) is 0 Å². The smallest absolute Gasteiger partial charge is 0.220 e. The fourth-order valence-corrected chi connectivity index (χ4v) is 3.70. The summed E-state index contributed by atoms with van der Waals surface area (Å²) in [6, 6.07) is 4.57. The van der Waals surface area contributed by atoms with Crippen LogP contribution in [-0.2, 0) is 11.2 Å². The van der Waals surface area contributed by atoms with E-state index in [-0.39, 0.29) is 17.8 Å². The lowest BCUT2D eigenvalue weighted by atomic mass is 10.0. The first-order chi connectivity index (χ1) is 13.3. The zero-order valence-electron chi connectivity index (χ0n) is 17.1. The number of carbonyl (C=O) groups excluding carboxylic acids is 1. The fraction of sp³-hybridized carbons (Fsp3) is 0.524. The van der Waals surface area contributed by atoms with Gasteiger partial charge in [0, 0.05) is 49.4 Å². The number of hydrogen-bond acceptors (Lipinski definition) is 5. The maximum Gasteiger partial charge on any atom is 0.220 e. The summed E-state index contributed by atoms with van der Waals surface area (Å²) in [4.78, 5) is 17.0. The predicted molar refractivity (Wildman–Crippen MR) is 107 cm³/mol. The van der Waals surface area contributed by atoms with Crippen LogP contribution in [-0.4, -0.2) is 49.2 Å². The van der Waals surface area contributed by atoms with Crippen molar-refractivity contribution in [3.05, 3.63) is 46.6 Å². The van der Waals surface area contributed by atoms with Crippen molar-refractivity contribution >= 4 is 11.6 Å². The molecule has 3 rings (SSSR count). The quantitative estimate of drug-likeness (QED) is 0.824. The van der Waals surface area contributed by atoms with Gasteiger partial charge in [0.2, 0.25) is 5.91 Å². The van der Waals surface area contributed by atoms with Crippen LogP contribution in [0.3, 0.4) is 0 Å². The molecule has 152 valence electrons. The number of carbonyl (C=O) groups is 1. The fourth-order valence-electron chi connectivity index (χ4n) is 3.70. The molecule has 2 aromatic rings. The van der Waals surface area contributed by atoms with Crippen LogP contribution in [0.5, 0.6) is 0 Å². The Balaban J connectivity index is 1.67. The van der Waals surface area contributed by atoms with Crippen molar-refractivity contribution in [2.45, 2.75) is 39.7 Å². The highest BCUT2D eigenvalue weighted by atomic mass is 19.1. The second kappa shape index (κ2) is 8.73. The van der Waals surface area contributed by atoms with E-state index in [0.717, 1.165) is 54.4 Å². The lowest BCUT2D eigenvalue weighted by molar-refractivity contribution is -0.121. The first-order valence-corrected chi connectivity index (χ1v) is 9.79. The van der Waals surface area contributed by atoms with Crippen molar-refractivity contribution in [3.63, 3.8) is 0 Å². The molecule has 0 radical (unpaired) electrons. The molecule has 1 N–H and O–H groups in total. The molecule has 0 unspecified atom stereocenters. The van der Waals surface area contributed by atoms with Crippen LogP contribution < -0.4 is 10.2 Å². The molecule has 2 heterocycles. The van der Waals surface area contributed by atoms with Crippen LogP contribution in [0, 0.1) is 19.7 Å². The lowest BCUT2D eigenvalue weighted by Crippen LogP contribution is -2.45. The molecular formula is C21H29FN4O2. The standard InChI is InChI=1S/C21H29FN4O2/c1-14(23-21(27)8-6-18-15(2)24-28-16(18)3)19-13-17(22)5-7-20(19)26-11-9-25(4)10-12-26/h5,7,13-14H,6,8-12H2,1-4H3,(H,23,27)/t14-/m1/s1. The van der Waals surface area contributed by atoms with E-state index in [2.05, 4.69) is 27.3 Å². The minimum atomic E-state index is -0.287. The van der Waals surface area contributed by atoms with Gasteiger partial charge in [0.05, 0.1) is 11.7 Å². The molecule has 1 aliphatic heterocycles. The van der Waals surface area contributed by atoms with Gasteiger partial charge in [0.15, 0.2) is 0 Å². The van der Waals surface area contributed by atoms with Gasteiger partial charge >= 0.3 is 0 Å². The number of anilines is 1. The first-order valence-electron chi connectivity index (χ1n) is 9.79. The van der Waals surface area contributed by atoms with Gasteiger partial charge in [-0.1, -0.05) is 5.16 Å². The van der Waals surface area contributed by atoms with E-state index in [9.17, 15) is 9.18 Å². The number of piperazine rings is 1. The van der Waals surface area contributed by atoms with Gasteiger partial charge < -0.3 is 19.6 Å². The molecule has 1 atom stereocenters. The molecule has 0 aliphatic carbocycles. The van der Waals surface area contributed by atoms with E-state index in [0.29, 0.717) is 12.8 Å². The Morgan fingerprint density at radius 1 is 1.29 bits per heavy atom. The third kappa shape index (κ3) is 4.70. The second-order valence-electron chi connectivity index (χ2n) is 7.59. The summed E-state index contributed by atoms with van der Waals surface area (Å²) in [7, 11) is 2.10. The van der Waals surface area contributed by atoms with Crippen molar-refractivity contribution < 1.29 is 13.7 Å². The largest absolute Gasteiger partial charge is 0.369 e. The molecule has 0 bridgehead atoms. The highest BCUT2D eigenvalue weighted by Gasteiger charge is 2.21. The molecule has 28 heavy (non-hydrogen) atoms. The van der Waals surface area contributed by atoms with Crippen molar-refractivity contribution in [2.75, 3.05) is 38.1 Å². The Hall–Kier alpha value is -2.41. The maximum absolute atomic E-state index is 13.9. The molecule has 1 aliphatic rings. The van der Waals surface area contributed by atoms with E-state index in [1.54, 1.807) is 0 Å². The molecule has 1 aromatic carbocycles. The summed E-state index contributed by atoms with van der Waals surface area (Å²) in [6.45, 7) is 9.35. The maximum atomic E-state index is 13.9. The topological polar surface area (TPSA) is 61.6 Å². The number of nitrogens with one attached hydrogen (secondary N) is 1. The van der Waals surface area contributed by atoms with Gasteiger partial charge in [-0.2, -0.15) is 0 Å². The molecule has 0 spiro atoms. The van der Waals surface area contributed by atoms with Crippen molar-refractivity contribution in [3.8, 4) is 0 Å². The highest BCUT2D eigenvalue weighted by Crippen LogP contribution is 2.28.